The van der Waals surface area contributed by atoms with Gasteiger partial charge in [-0.25, -0.2) is 0 Å². The molecule has 6 heteroatoms. The first-order chi connectivity index (χ1) is 12.3. The lowest BCUT2D eigenvalue weighted by atomic mass is 10.1. The first kappa shape index (κ1) is 14.2. The van der Waals surface area contributed by atoms with Crippen molar-refractivity contribution in [1.82, 2.24) is 4.98 Å². The maximum Gasteiger partial charge on any atom is 0.391 e. The van der Waals surface area contributed by atoms with E-state index < -0.39 is 0 Å². The lowest BCUT2D eigenvalue weighted by Crippen LogP contribution is -2.19. The summed E-state index contributed by atoms with van der Waals surface area (Å²) in [6.45, 7) is 0.250. The van der Waals surface area contributed by atoms with Gasteiger partial charge in [0.2, 0.25) is 6.79 Å². The number of hydrogen-bond donors (Lipinski definition) is 1. The molecule has 5 rings (SSSR count). The van der Waals surface area contributed by atoms with Crippen LogP contribution in [0, 0.1) is 0 Å². The molecule has 122 valence electrons. The summed E-state index contributed by atoms with van der Waals surface area (Å²) in [5.74, 6) is 1.68. The van der Waals surface area contributed by atoms with E-state index >= 15 is 0 Å². The highest BCUT2D eigenvalue weighted by atomic mass is 32.1. The van der Waals surface area contributed by atoms with Crippen LogP contribution in [0.2, 0.25) is 0 Å². The van der Waals surface area contributed by atoms with E-state index in [1.807, 2.05) is 60.8 Å². The number of thiazole rings is 1. The molecule has 0 saturated carbocycles. The Bertz CT molecular complexity index is 1090. The molecule has 3 heterocycles. The minimum absolute atomic E-state index is 0.205. The second-order valence-corrected chi connectivity index (χ2v) is 6.63. The molecule has 1 aliphatic rings. The average molecular weight is 349 g/mol. The summed E-state index contributed by atoms with van der Waals surface area (Å²) in [5, 5.41) is 10.5. The van der Waals surface area contributed by atoms with Crippen molar-refractivity contribution in [3.05, 3.63) is 60.8 Å². The van der Waals surface area contributed by atoms with Crippen LogP contribution in [0.3, 0.4) is 0 Å². The van der Waals surface area contributed by atoms with Crippen LogP contribution in [-0.4, -0.2) is 16.9 Å². The third-order valence-corrected chi connectivity index (χ3v) is 5.23. The van der Waals surface area contributed by atoms with Crippen LogP contribution in [0.25, 0.3) is 26.7 Å². The number of hydrogen-bond acceptors (Lipinski definition) is 5. The van der Waals surface area contributed by atoms with Crippen molar-refractivity contribution >= 4 is 16.3 Å². The van der Waals surface area contributed by atoms with Gasteiger partial charge in [-0.1, -0.05) is 30.3 Å². The number of benzene rings is 2. The first-order valence-corrected chi connectivity index (χ1v) is 8.61. The van der Waals surface area contributed by atoms with E-state index in [4.69, 9.17) is 14.5 Å². The monoisotopic (exact) mass is 349 g/mol. The molecule has 0 unspecified atom stereocenters. The van der Waals surface area contributed by atoms with Gasteiger partial charge in [0, 0.05) is 11.6 Å². The number of aromatic hydroxyl groups is 1. The Balaban J connectivity index is 1.63. The zero-order valence-corrected chi connectivity index (χ0v) is 13.9. The third kappa shape index (κ3) is 2.30. The Morgan fingerprint density at radius 1 is 0.960 bits per heavy atom. The quantitative estimate of drug-likeness (QED) is 0.561. The van der Waals surface area contributed by atoms with Gasteiger partial charge in [0.25, 0.3) is 0 Å². The normalized spacial score (nSPS) is 12.6. The molecule has 4 aromatic rings. The molecular weight excluding hydrogens is 336 g/mol. The van der Waals surface area contributed by atoms with Gasteiger partial charge < -0.3 is 14.6 Å². The Labute approximate surface area is 147 Å². The van der Waals surface area contributed by atoms with Crippen molar-refractivity contribution in [3.8, 4) is 39.1 Å². The molecule has 0 bridgehead atoms. The van der Waals surface area contributed by atoms with E-state index in [1.54, 1.807) is 4.40 Å². The van der Waals surface area contributed by atoms with Crippen molar-refractivity contribution in [2.24, 2.45) is 0 Å². The molecule has 0 fully saturated rings. The summed E-state index contributed by atoms with van der Waals surface area (Å²) in [6, 6.07) is 17.5. The summed E-state index contributed by atoms with van der Waals surface area (Å²) in [6.07, 6.45) is 1.83. The van der Waals surface area contributed by atoms with Crippen molar-refractivity contribution in [1.29, 1.82) is 0 Å². The summed E-state index contributed by atoms with van der Waals surface area (Å²) in [7, 11) is 0. The van der Waals surface area contributed by atoms with Gasteiger partial charge in [-0.3, -0.25) is 0 Å². The van der Waals surface area contributed by atoms with Crippen LogP contribution in [-0.2, 0) is 0 Å². The van der Waals surface area contributed by atoms with Gasteiger partial charge in [-0.2, -0.15) is 4.40 Å². The van der Waals surface area contributed by atoms with E-state index in [2.05, 4.69) is 0 Å². The van der Waals surface area contributed by atoms with Crippen LogP contribution in [0.1, 0.15) is 0 Å². The Morgan fingerprint density at radius 3 is 2.68 bits per heavy atom. The van der Waals surface area contributed by atoms with Crippen molar-refractivity contribution in [2.45, 2.75) is 0 Å². The number of nitrogens with zero attached hydrogens (tertiary/aromatic N) is 2. The summed E-state index contributed by atoms with van der Waals surface area (Å²) in [4.78, 5) is 6.23. The molecule has 5 nitrogen and oxygen atoms in total. The molecule has 0 aliphatic carbocycles. The van der Waals surface area contributed by atoms with E-state index in [9.17, 15) is 5.11 Å². The lowest BCUT2D eigenvalue weighted by molar-refractivity contribution is -0.520. The zero-order valence-electron chi connectivity index (χ0n) is 13.0. The van der Waals surface area contributed by atoms with E-state index in [0.29, 0.717) is 0 Å². The van der Waals surface area contributed by atoms with Crippen molar-refractivity contribution in [2.75, 3.05) is 6.79 Å². The summed E-state index contributed by atoms with van der Waals surface area (Å²) < 4.78 is 12.5. The smallest absolute Gasteiger partial charge is 0.391 e. The highest BCUT2D eigenvalue weighted by molar-refractivity contribution is 7.20. The molecule has 2 aromatic heterocycles. The molecular formula is C19H13N2O3S+. The number of ether oxygens (including phenoxy) is 2. The maximum absolute atomic E-state index is 10.5. The standard InChI is InChI=1S/C19H12N2O3S/c22-18-17(12-4-2-1-3-5-12)25-19-20-14(8-9-21(18)19)13-6-7-15-16(10-13)24-11-23-15/h1-10H,11H2/p+1. The van der Waals surface area contributed by atoms with Gasteiger partial charge >= 0.3 is 10.8 Å². The van der Waals surface area contributed by atoms with Crippen LogP contribution in [0.5, 0.6) is 17.4 Å². The van der Waals surface area contributed by atoms with Crippen LogP contribution in [0.15, 0.2) is 60.8 Å². The predicted molar refractivity (Wildman–Crippen MR) is 93.9 cm³/mol. The molecule has 0 atom stereocenters. The summed E-state index contributed by atoms with van der Waals surface area (Å²) >= 11 is 1.46. The third-order valence-electron chi connectivity index (χ3n) is 4.13. The van der Waals surface area contributed by atoms with Crippen LogP contribution in [0.4, 0.5) is 0 Å². The van der Waals surface area contributed by atoms with E-state index in [1.165, 1.54) is 11.3 Å². The van der Waals surface area contributed by atoms with Gasteiger partial charge in [0.15, 0.2) is 17.2 Å². The minimum atomic E-state index is 0.205. The maximum atomic E-state index is 10.5. The molecule has 0 amide bonds. The lowest BCUT2D eigenvalue weighted by Gasteiger charge is -1.98. The van der Waals surface area contributed by atoms with Gasteiger partial charge in [-0.15, -0.1) is 0 Å². The van der Waals surface area contributed by atoms with Crippen molar-refractivity contribution in [3.63, 3.8) is 0 Å². The Hall–Kier alpha value is -3.12. The highest BCUT2D eigenvalue weighted by Gasteiger charge is 2.23. The van der Waals surface area contributed by atoms with E-state index in [0.717, 1.165) is 38.2 Å². The fourth-order valence-corrected chi connectivity index (χ4v) is 3.89. The summed E-state index contributed by atoms with van der Waals surface area (Å²) in [5.41, 5.74) is 2.74. The van der Waals surface area contributed by atoms with Crippen molar-refractivity contribution < 1.29 is 19.0 Å². The second kappa shape index (κ2) is 5.46. The molecule has 2 aromatic carbocycles. The second-order valence-electron chi connectivity index (χ2n) is 5.65. The number of rotatable bonds is 2. The largest absolute Gasteiger partial charge is 0.476 e. The Kier molecular flexibility index (Phi) is 3.11. The topological polar surface area (TPSA) is 55.7 Å². The first-order valence-electron chi connectivity index (χ1n) is 7.79. The minimum Gasteiger partial charge on any atom is -0.476 e. The molecule has 0 radical (unpaired) electrons. The number of aromatic nitrogens is 2. The molecule has 25 heavy (non-hydrogen) atoms. The SMILES string of the molecule is Oc1c(-c2ccccc2)sc2nc(-c3ccc4c(c3)OCO4)cc[n+]12. The molecule has 1 N–H and O–H groups in total. The van der Waals surface area contributed by atoms with E-state index in [-0.39, 0.29) is 12.7 Å². The Morgan fingerprint density at radius 2 is 1.80 bits per heavy atom. The highest BCUT2D eigenvalue weighted by Crippen LogP contribution is 2.37. The average Bonchev–Trinajstić information content (AvgIpc) is 3.26. The van der Waals surface area contributed by atoms with Gasteiger partial charge in [-0.05, 0) is 40.1 Å². The van der Waals surface area contributed by atoms with Gasteiger partial charge in [0.05, 0.1) is 0 Å². The molecule has 1 aliphatic heterocycles. The predicted octanol–water partition coefficient (Wildman–Crippen LogP) is 3.65. The van der Waals surface area contributed by atoms with Crippen LogP contribution < -0.4 is 13.9 Å². The fourth-order valence-electron chi connectivity index (χ4n) is 2.88. The molecule has 0 saturated heterocycles. The number of fused-ring (bicyclic) bond motifs is 2. The molecule has 0 spiro atoms. The zero-order chi connectivity index (χ0) is 16.8. The fraction of sp³-hybridized carbons (Fsp3) is 0.0526. The van der Waals surface area contributed by atoms with Crippen LogP contribution >= 0.6 is 11.3 Å². The van der Waals surface area contributed by atoms with Gasteiger partial charge in [0.1, 0.15) is 11.1 Å².